The molecule has 0 aliphatic heterocycles. The molecule has 1 aliphatic rings. The standard InChI is InChI=1S/C13H27NS/c1-3-4-5-10-15-11-9-12-7-6-8-13(12)14-2/h12-14H,3-11H2,1-2H3. The van der Waals surface area contributed by atoms with Crippen molar-refractivity contribution in [1.29, 1.82) is 0 Å². The molecule has 1 fully saturated rings. The molecule has 1 aliphatic carbocycles. The zero-order valence-corrected chi connectivity index (χ0v) is 11.2. The third kappa shape index (κ3) is 5.26. The first-order valence-corrected chi connectivity index (χ1v) is 7.79. The summed E-state index contributed by atoms with van der Waals surface area (Å²) in [7, 11) is 2.12. The molecule has 2 unspecified atom stereocenters. The van der Waals surface area contributed by atoms with Gasteiger partial charge in [0.1, 0.15) is 0 Å². The normalized spacial score (nSPS) is 26.0. The molecule has 1 N–H and O–H groups in total. The van der Waals surface area contributed by atoms with Crippen molar-refractivity contribution in [2.75, 3.05) is 18.6 Å². The fourth-order valence-corrected chi connectivity index (χ4v) is 3.64. The molecule has 0 aromatic rings. The molecular weight excluding hydrogens is 202 g/mol. The Balaban J connectivity index is 1.95. The average Bonchev–Trinajstić information content (AvgIpc) is 2.70. The highest BCUT2D eigenvalue weighted by Crippen LogP contribution is 2.29. The lowest BCUT2D eigenvalue weighted by Gasteiger charge is -2.18. The Hall–Kier alpha value is 0.310. The van der Waals surface area contributed by atoms with Gasteiger partial charge in [-0.05, 0) is 50.2 Å². The monoisotopic (exact) mass is 229 g/mol. The minimum Gasteiger partial charge on any atom is -0.317 e. The van der Waals surface area contributed by atoms with Gasteiger partial charge in [0.15, 0.2) is 0 Å². The van der Waals surface area contributed by atoms with Gasteiger partial charge in [-0.1, -0.05) is 26.2 Å². The van der Waals surface area contributed by atoms with Gasteiger partial charge >= 0.3 is 0 Å². The van der Waals surface area contributed by atoms with E-state index in [4.69, 9.17) is 0 Å². The molecule has 15 heavy (non-hydrogen) atoms. The van der Waals surface area contributed by atoms with Gasteiger partial charge < -0.3 is 5.32 Å². The number of hydrogen-bond acceptors (Lipinski definition) is 2. The largest absolute Gasteiger partial charge is 0.317 e. The Bertz CT molecular complexity index is 149. The minimum absolute atomic E-state index is 0.821. The summed E-state index contributed by atoms with van der Waals surface area (Å²) < 4.78 is 0. The van der Waals surface area contributed by atoms with Crippen molar-refractivity contribution < 1.29 is 0 Å². The second-order valence-electron chi connectivity index (χ2n) is 4.69. The summed E-state index contributed by atoms with van der Waals surface area (Å²) >= 11 is 2.16. The van der Waals surface area contributed by atoms with E-state index in [1.807, 2.05) is 0 Å². The Labute approximate surface area is 99.8 Å². The Morgan fingerprint density at radius 1 is 1.20 bits per heavy atom. The summed E-state index contributed by atoms with van der Waals surface area (Å²) in [5.74, 6) is 3.73. The molecule has 0 radical (unpaired) electrons. The van der Waals surface area contributed by atoms with Crippen LogP contribution in [0.5, 0.6) is 0 Å². The third-order valence-electron chi connectivity index (χ3n) is 3.56. The number of nitrogens with one attached hydrogen (secondary N) is 1. The maximum atomic E-state index is 3.47. The van der Waals surface area contributed by atoms with Crippen LogP contribution in [0.1, 0.15) is 51.9 Å². The molecule has 2 heteroatoms. The van der Waals surface area contributed by atoms with Crippen LogP contribution < -0.4 is 5.32 Å². The first-order chi connectivity index (χ1) is 7.38. The van der Waals surface area contributed by atoms with Crippen LogP contribution in [-0.2, 0) is 0 Å². The SMILES string of the molecule is CCCCCSCCC1CCCC1NC. The van der Waals surface area contributed by atoms with Crippen LogP contribution >= 0.6 is 11.8 Å². The molecule has 0 heterocycles. The van der Waals surface area contributed by atoms with Gasteiger partial charge in [-0.15, -0.1) is 0 Å². The van der Waals surface area contributed by atoms with Gasteiger partial charge in [-0.3, -0.25) is 0 Å². The molecule has 90 valence electrons. The fraction of sp³-hybridized carbons (Fsp3) is 1.00. The van der Waals surface area contributed by atoms with Gasteiger partial charge in [0.05, 0.1) is 0 Å². The predicted molar refractivity (Wildman–Crippen MR) is 71.7 cm³/mol. The number of unbranched alkanes of at least 4 members (excludes halogenated alkanes) is 2. The van der Waals surface area contributed by atoms with Crippen LogP contribution in [0, 0.1) is 5.92 Å². The third-order valence-corrected chi connectivity index (χ3v) is 4.66. The fourth-order valence-electron chi connectivity index (χ4n) is 2.55. The van der Waals surface area contributed by atoms with E-state index in [-0.39, 0.29) is 0 Å². The number of rotatable bonds is 8. The van der Waals surface area contributed by atoms with Crippen LogP contribution in [0.2, 0.25) is 0 Å². The van der Waals surface area contributed by atoms with Crippen LogP contribution in [0.3, 0.4) is 0 Å². The van der Waals surface area contributed by atoms with Crippen LogP contribution in [0.15, 0.2) is 0 Å². The molecule has 1 saturated carbocycles. The quantitative estimate of drug-likeness (QED) is 0.637. The molecule has 0 bridgehead atoms. The second-order valence-corrected chi connectivity index (χ2v) is 5.92. The van der Waals surface area contributed by atoms with Gasteiger partial charge in [-0.2, -0.15) is 11.8 Å². The molecule has 0 aromatic heterocycles. The van der Waals surface area contributed by atoms with Crippen molar-refractivity contribution >= 4 is 11.8 Å². The zero-order chi connectivity index (χ0) is 10.9. The first-order valence-electron chi connectivity index (χ1n) is 6.63. The van der Waals surface area contributed by atoms with Crippen LogP contribution in [0.4, 0.5) is 0 Å². The van der Waals surface area contributed by atoms with E-state index in [1.54, 1.807) is 0 Å². The lowest BCUT2D eigenvalue weighted by Crippen LogP contribution is -2.29. The highest BCUT2D eigenvalue weighted by molar-refractivity contribution is 7.99. The van der Waals surface area contributed by atoms with E-state index in [9.17, 15) is 0 Å². The molecule has 0 spiro atoms. The van der Waals surface area contributed by atoms with E-state index in [0.717, 1.165) is 12.0 Å². The molecule has 0 saturated heterocycles. The first kappa shape index (κ1) is 13.4. The van der Waals surface area contributed by atoms with Crippen molar-refractivity contribution in [2.24, 2.45) is 5.92 Å². The van der Waals surface area contributed by atoms with Crippen molar-refractivity contribution in [3.05, 3.63) is 0 Å². The molecule has 0 amide bonds. The van der Waals surface area contributed by atoms with E-state index in [1.165, 1.54) is 56.5 Å². The molecule has 1 nitrogen and oxygen atoms in total. The topological polar surface area (TPSA) is 12.0 Å². The van der Waals surface area contributed by atoms with Gasteiger partial charge in [0, 0.05) is 6.04 Å². The zero-order valence-electron chi connectivity index (χ0n) is 10.4. The maximum absolute atomic E-state index is 3.47. The summed E-state index contributed by atoms with van der Waals surface area (Å²) in [6, 6.07) is 0.821. The van der Waals surface area contributed by atoms with Crippen molar-refractivity contribution in [1.82, 2.24) is 5.32 Å². The summed E-state index contributed by atoms with van der Waals surface area (Å²) in [5, 5.41) is 3.47. The smallest absolute Gasteiger partial charge is 0.00926 e. The Morgan fingerprint density at radius 2 is 2.07 bits per heavy atom. The van der Waals surface area contributed by atoms with Gasteiger partial charge in [0.2, 0.25) is 0 Å². The summed E-state index contributed by atoms with van der Waals surface area (Å²) in [6.07, 6.45) is 9.92. The van der Waals surface area contributed by atoms with Gasteiger partial charge in [0.25, 0.3) is 0 Å². The summed E-state index contributed by atoms with van der Waals surface area (Å²) in [6.45, 7) is 2.28. The average molecular weight is 229 g/mol. The summed E-state index contributed by atoms with van der Waals surface area (Å²) in [4.78, 5) is 0. The Kier molecular flexibility index (Phi) is 7.54. The predicted octanol–water partition coefficient (Wildman–Crippen LogP) is 3.69. The highest BCUT2D eigenvalue weighted by atomic mass is 32.2. The van der Waals surface area contributed by atoms with Gasteiger partial charge in [-0.25, -0.2) is 0 Å². The molecule has 0 aromatic carbocycles. The van der Waals surface area contributed by atoms with Crippen LogP contribution in [0.25, 0.3) is 0 Å². The maximum Gasteiger partial charge on any atom is 0.00926 e. The second kappa shape index (κ2) is 8.46. The molecular formula is C13H27NS. The highest BCUT2D eigenvalue weighted by Gasteiger charge is 2.24. The van der Waals surface area contributed by atoms with Crippen molar-refractivity contribution in [3.63, 3.8) is 0 Å². The van der Waals surface area contributed by atoms with Crippen molar-refractivity contribution in [2.45, 2.75) is 57.9 Å². The van der Waals surface area contributed by atoms with E-state index in [0.29, 0.717) is 0 Å². The van der Waals surface area contributed by atoms with E-state index < -0.39 is 0 Å². The Morgan fingerprint density at radius 3 is 2.80 bits per heavy atom. The minimum atomic E-state index is 0.821. The summed E-state index contributed by atoms with van der Waals surface area (Å²) in [5.41, 5.74) is 0. The number of thioether (sulfide) groups is 1. The van der Waals surface area contributed by atoms with Crippen molar-refractivity contribution in [3.8, 4) is 0 Å². The molecule has 2 atom stereocenters. The number of hydrogen-bond donors (Lipinski definition) is 1. The lowest BCUT2D eigenvalue weighted by atomic mass is 10.0. The van der Waals surface area contributed by atoms with Crippen LogP contribution in [-0.4, -0.2) is 24.6 Å². The van der Waals surface area contributed by atoms with E-state index in [2.05, 4.69) is 31.1 Å². The molecule has 1 rings (SSSR count). The lowest BCUT2D eigenvalue weighted by molar-refractivity contribution is 0.417. The van der Waals surface area contributed by atoms with E-state index >= 15 is 0 Å².